The van der Waals surface area contributed by atoms with Crippen LogP contribution in [0.3, 0.4) is 0 Å². The summed E-state index contributed by atoms with van der Waals surface area (Å²) in [5.74, 6) is 0.0317. The molecule has 3 rings (SSSR count). The fourth-order valence-corrected chi connectivity index (χ4v) is 2.69. The molecular formula is C16H21BrClN3O3. The Morgan fingerprint density at radius 1 is 1.46 bits per heavy atom. The van der Waals surface area contributed by atoms with E-state index in [1.165, 1.54) is 0 Å². The van der Waals surface area contributed by atoms with Crippen molar-refractivity contribution < 1.29 is 14.6 Å². The number of aromatic nitrogens is 2. The zero-order chi connectivity index (χ0) is 15.5. The van der Waals surface area contributed by atoms with Crippen LogP contribution in [0.4, 0.5) is 0 Å². The Balaban J connectivity index is 0.00000144. The van der Waals surface area contributed by atoms with E-state index in [0.717, 1.165) is 17.0 Å². The Morgan fingerprint density at radius 2 is 2.21 bits per heavy atom. The molecule has 0 amide bonds. The van der Waals surface area contributed by atoms with E-state index in [0.29, 0.717) is 26.1 Å². The number of nitrogens with one attached hydrogen (secondary N) is 1. The molecule has 132 valence electrons. The van der Waals surface area contributed by atoms with E-state index in [1.807, 2.05) is 16.7 Å². The third-order valence-electron chi connectivity index (χ3n) is 3.85. The molecule has 0 bridgehead atoms. The number of halogens is 2. The Labute approximate surface area is 157 Å². The van der Waals surface area contributed by atoms with Crippen molar-refractivity contribution in [2.45, 2.75) is 32.5 Å². The standard InChI is InChI=1S/C16H19N3O3.BrH.ClH/c1-2-22-16(21)12-7-14-13(8-17-12)18-10-19(14)9-11-5-3-4-6-15(11)20;;/h3-6,10,12,17,20H,2,7-9H2,1H3;2*1H. The number of nitrogens with zero attached hydrogens (tertiary/aromatic N) is 2. The van der Waals surface area contributed by atoms with E-state index in [4.69, 9.17) is 4.74 Å². The minimum Gasteiger partial charge on any atom is -0.508 e. The Bertz CT molecular complexity index is 693. The molecule has 0 saturated heterocycles. The van der Waals surface area contributed by atoms with Crippen LogP contribution < -0.4 is 5.32 Å². The van der Waals surface area contributed by atoms with Crippen LogP contribution in [0, 0.1) is 0 Å². The molecule has 0 saturated carbocycles. The van der Waals surface area contributed by atoms with Gasteiger partial charge in [-0.15, -0.1) is 29.4 Å². The molecule has 2 aromatic rings. The number of hydrogen-bond acceptors (Lipinski definition) is 5. The van der Waals surface area contributed by atoms with Gasteiger partial charge >= 0.3 is 5.97 Å². The van der Waals surface area contributed by atoms with Gasteiger partial charge in [-0.25, -0.2) is 4.98 Å². The topological polar surface area (TPSA) is 76.4 Å². The van der Waals surface area contributed by atoms with Gasteiger partial charge in [0, 0.05) is 24.2 Å². The summed E-state index contributed by atoms with van der Waals surface area (Å²) in [6, 6.07) is 6.89. The van der Waals surface area contributed by atoms with E-state index in [2.05, 4.69) is 10.3 Å². The van der Waals surface area contributed by atoms with Crippen LogP contribution in [-0.2, 0) is 29.0 Å². The van der Waals surface area contributed by atoms with Crippen molar-refractivity contribution >= 4 is 35.4 Å². The molecule has 24 heavy (non-hydrogen) atoms. The summed E-state index contributed by atoms with van der Waals surface area (Å²) in [4.78, 5) is 16.3. The van der Waals surface area contributed by atoms with Gasteiger partial charge in [-0.3, -0.25) is 10.1 Å². The fraction of sp³-hybridized carbons (Fsp3) is 0.375. The third kappa shape index (κ3) is 4.28. The number of esters is 1. The number of imidazole rings is 1. The number of phenols is 1. The van der Waals surface area contributed by atoms with E-state index >= 15 is 0 Å². The number of fused-ring (bicyclic) bond motifs is 1. The molecule has 1 aliphatic heterocycles. The maximum absolute atomic E-state index is 11.9. The van der Waals surface area contributed by atoms with Crippen LogP contribution in [0.15, 0.2) is 30.6 Å². The first-order chi connectivity index (χ1) is 10.7. The number of carbonyl (C=O) groups is 1. The number of aromatic hydroxyl groups is 1. The van der Waals surface area contributed by atoms with Gasteiger partial charge in [0.2, 0.25) is 0 Å². The summed E-state index contributed by atoms with van der Waals surface area (Å²) >= 11 is 0. The highest BCUT2D eigenvalue weighted by atomic mass is 79.9. The number of ether oxygens (including phenoxy) is 1. The third-order valence-corrected chi connectivity index (χ3v) is 3.85. The smallest absolute Gasteiger partial charge is 0.323 e. The molecule has 0 spiro atoms. The average molecular weight is 419 g/mol. The second-order valence-corrected chi connectivity index (χ2v) is 5.28. The van der Waals surface area contributed by atoms with Gasteiger partial charge in [-0.05, 0) is 13.0 Å². The first kappa shape index (κ1) is 20.5. The summed E-state index contributed by atoms with van der Waals surface area (Å²) in [7, 11) is 0. The van der Waals surface area contributed by atoms with Gasteiger partial charge in [-0.2, -0.15) is 0 Å². The van der Waals surface area contributed by atoms with E-state index < -0.39 is 0 Å². The van der Waals surface area contributed by atoms with Crippen LogP contribution in [0.2, 0.25) is 0 Å². The van der Waals surface area contributed by atoms with Gasteiger partial charge in [-0.1, -0.05) is 18.2 Å². The Kier molecular flexibility index (Phi) is 7.72. The summed E-state index contributed by atoms with van der Waals surface area (Å²) in [6.07, 6.45) is 2.30. The minimum absolute atomic E-state index is 0. The molecule has 1 atom stereocenters. The number of hydrogen-bond donors (Lipinski definition) is 2. The predicted molar refractivity (Wildman–Crippen MR) is 98.0 cm³/mol. The number of carbonyl (C=O) groups excluding carboxylic acids is 1. The maximum atomic E-state index is 11.9. The molecule has 6 nitrogen and oxygen atoms in total. The van der Waals surface area contributed by atoms with Crippen molar-refractivity contribution in [1.82, 2.24) is 14.9 Å². The highest BCUT2D eigenvalue weighted by Gasteiger charge is 2.28. The number of benzene rings is 1. The molecule has 1 unspecified atom stereocenters. The monoisotopic (exact) mass is 417 g/mol. The number of phenolic OH excluding ortho intramolecular Hbond substituents is 1. The van der Waals surface area contributed by atoms with Gasteiger partial charge in [0.15, 0.2) is 0 Å². The maximum Gasteiger partial charge on any atom is 0.323 e. The first-order valence-electron chi connectivity index (χ1n) is 7.38. The second kappa shape index (κ2) is 9.05. The zero-order valence-corrected chi connectivity index (χ0v) is 15.8. The van der Waals surface area contributed by atoms with E-state index in [-0.39, 0.29) is 47.1 Å². The lowest BCUT2D eigenvalue weighted by Crippen LogP contribution is -2.43. The highest BCUT2D eigenvalue weighted by Crippen LogP contribution is 2.21. The van der Waals surface area contributed by atoms with Crippen LogP contribution in [-0.4, -0.2) is 33.3 Å². The summed E-state index contributed by atoms with van der Waals surface area (Å²) in [6.45, 7) is 3.26. The van der Waals surface area contributed by atoms with Crippen molar-refractivity contribution in [3.8, 4) is 5.75 Å². The average Bonchev–Trinajstić information content (AvgIpc) is 2.92. The molecule has 1 aromatic carbocycles. The molecule has 0 aliphatic carbocycles. The lowest BCUT2D eigenvalue weighted by atomic mass is 10.0. The lowest BCUT2D eigenvalue weighted by Gasteiger charge is -2.23. The minimum atomic E-state index is -0.340. The number of rotatable bonds is 4. The SMILES string of the molecule is Br.CCOC(=O)C1Cc2c(ncn2Cc2ccccc2O)CN1.Cl. The Morgan fingerprint density at radius 3 is 2.92 bits per heavy atom. The van der Waals surface area contributed by atoms with Crippen molar-refractivity contribution in [2.24, 2.45) is 0 Å². The Hall–Kier alpha value is -1.57. The van der Waals surface area contributed by atoms with Gasteiger partial charge in [0.25, 0.3) is 0 Å². The van der Waals surface area contributed by atoms with Crippen LogP contribution >= 0.6 is 29.4 Å². The fourth-order valence-electron chi connectivity index (χ4n) is 2.69. The zero-order valence-electron chi connectivity index (χ0n) is 13.3. The van der Waals surface area contributed by atoms with E-state index in [1.54, 1.807) is 25.4 Å². The molecule has 0 fully saturated rings. The molecule has 1 aromatic heterocycles. The molecule has 1 aliphatic rings. The predicted octanol–water partition coefficient (Wildman–Crippen LogP) is 2.21. The van der Waals surface area contributed by atoms with Crippen molar-refractivity contribution in [3.63, 3.8) is 0 Å². The largest absolute Gasteiger partial charge is 0.508 e. The molecule has 0 radical (unpaired) electrons. The normalized spacial score (nSPS) is 15.6. The molecule has 2 N–H and O–H groups in total. The quantitative estimate of drug-likeness (QED) is 0.745. The van der Waals surface area contributed by atoms with Crippen LogP contribution in [0.5, 0.6) is 5.75 Å². The molecule has 8 heteroatoms. The summed E-state index contributed by atoms with van der Waals surface area (Å²) in [5.41, 5.74) is 2.78. The highest BCUT2D eigenvalue weighted by molar-refractivity contribution is 8.93. The molecular weight excluding hydrogens is 398 g/mol. The summed E-state index contributed by atoms with van der Waals surface area (Å²) < 4.78 is 7.06. The van der Waals surface area contributed by atoms with Gasteiger partial charge in [0.05, 0.1) is 25.2 Å². The summed E-state index contributed by atoms with van der Waals surface area (Å²) in [5, 5.41) is 13.1. The number of para-hydroxylation sites is 1. The van der Waals surface area contributed by atoms with Crippen molar-refractivity contribution in [1.29, 1.82) is 0 Å². The molecule has 2 heterocycles. The van der Waals surface area contributed by atoms with E-state index in [9.17, 15) is 9.90 Å². The van der Waals surface area contributed by atoms with Crippen molar-refractivity contribution in [2.75, 3.05) is 6.61 Å². The van der Waals surface area contributed by atoms with Gasteiger partial charge < -0.3 is 14.4 Å². The second-order valence-electron chi connectivity index (χ2n) is 5.28. The van der Waals surface area contributed by atoms with Crippen LogP contribution in [0.1, 0.15) is 23.9 Å². The van der Waals surface area contributed by atoms with Gasteiger partial charge in [0.1, 0.15) is 11.8 Å². The van der Waals surface area contributed by atoms with Crippen LogP contribution in [0.25, 0.3) is 0 Å². The first-order valence-corrected chi connectivity index (χ1v) is 7.38. The van der Waals surface area contributed by atoms with Crippen molar-refractivity contribution in [3.05, 3.63) is 47.5 Å². The lowest BCUT2D eigenvalue weighted by molar-refractivity contribution is -0.145.